The van der Waals surface area contributed by atoms with E-state index in [4.69, 9.17) is 0 Å². The molecule has 0 aromatic carbocycles. The predicted molar refractivity (Wildman–Crippen MR) is 93.8 cm³/mol. The average molecular weight is 360 g/mol. The van der Waals surface area contributed by atoms with Gasteiger partial charge in [-0.15, -0.1) is 22.7 Å². The first-order valence-corrected chi connectivity index (χ1v) is 8.96. The van der Waals surface area contributed by atoms with Gasteiger partial charge in [0.25, 0.3) is 5.91 Å². The molecule has 1 amide bonds. The lowest BCUT2D eigenvalue weighted by Crippen LogP contribution is -2.23. The number of nitrogens with zero attached hydrogens (tertiary/aromatic N) is 5. The molecule has 0 bridgehead atoms. The Bertz CT molecular complexity index is 814. The smallest absolute Gasteiger partial charge is 0.271 e. The SMILES string of the molecule is CN(C)Cc1nc(C(=O)NCc2csc(-c3cnccn3)n2)cs1. The van der Waals surface area contributed by atoms with E-state index in [1.54, 1.807) is 24.0 Å². The summed E-state index contributed by atoms with van der Waals surface area (Å²) < 4.78 is 0. The number of carbonyl (C=O) groups is 1. The van der Waals surface area contributed by atoms with Gasteiger partial charge in [0, 0.05) is 29.7 Å². The highest BCUT2D eigenvalue weighted by atomic mass is 32.1. The van der Waals surface area contributed by atoms with E-state index in [1.807, 2.05) is 24.4 Å². The number of thiazole rings is 2. The summed E-state index contributed by atoms with van der Waals surface area (Å²) in [5.41, 5.74) is 1.96. The van der Waals surface area contributed by atoms with E-state index in [-0.39, 0.29) is 5.91 Å². The molecule has 24 heavy (non-hydrogen) atoms. The number of hydrogen-bond acceptors (Lipinski definition) is 8. The Morgan fingerprint density at radius 3 is 2.83 bits per heavy atom. The van der Waals surface area contributed by atoms with Crippen LogP contribution in [0, 0.1) is 0 Å². The summed E-state index contributed by atoms with van der Waals surface area (Å²) in [5.74, 6) is -0.190. The van der Waals surface area contributed by atoms with Crippen molar-refractivity contribution in [3.8, 4) is 10.7 Å². The van der Waals surface area contributed by atoms with Crippen LogP contribution in [0.2, 0.25) is 0 Å². The normalized spacial score (nSPS) is 11.0. The third-order valence-corrected chi connectivity index (χ3v) is 4.75. The number of hydrogen-bond donors (Lipinski definition) is 1. The van der Waals surface area contributed by atoms with Gasteiger partial charge >= 0.3 is 0 Å². The van der Waals surface area contributed by atoms with Crippen molar-refractivity contribution in [2.24, 2.45) is 0 Å². The highest BCUT2D eigenvalue weighted by Crippen LogP contribution is 2.20. The lowest BCUT2D eigenvalue weighted by atomic mass is 10.4. The molecule has 0 aliphatic carbocycles. The van der Waals surface area contributed by atoms with Crippen LogP contribution in [0.25, 0.3) is 10.7 Å². The molecular formula is C15H16N6OS2. The van der Waals surface area contributed by atoms with E-state index in [1.165, 1.54) is 22.7 Å². The number of amides is 1. The molecular weight excluding hydrogens is 344 g/mol. The minimum atomic E-state index is -0.190. The highest BCUT2D eigenvalue weighted by molar-refractivity contribution is 7.13. The van der Waals surface area contributed by atoms with Crippen LogP contribution in [0.1, 0.15) is 21.2 Å². The van der Waals surface area contributed by atoms with Crippen molar-refractivity contribution in [1.29, 1.82) is 0 Å². The molecule has 0 radical (unpaired) electrons. The topological polar surface area (TPSA) is 83.9 Å². The average Bonchev–Trinajstić information content (AvgIpc) is 3.22. The molecule has 3 aromatic rings. The van der Waals surface area contributed by atoms with Crippen LogP contribution in [0.15, 0.2) is 29.4 Å². The van der Waals surface area contributed by atoms with Gasteiger partial charge in [-0.2, -0.15) is 0 Å². The molecule has 0 unspecified atom stereocenters. The molecule has 3 heterocycles. The predicted octanol–water partition coefficient (Wildman–Crippen LogP) is 2.05. The maximum atomic E-state index is 12.2. The first kappa shape index (κ1) is 16.6. The molecule has 9 heteroatoms. The molecule has 7 nitrogen and oxygen atoms in total. The summed E-state index contributed by atoms with van der Waals surface area (Å²) in [5, 5.41) is 8.24. The van der Waals surface area contributed by atoms with Crippen LogP contribution in [-0.4, -0.2) is 44.8 Å². The molecule has 0 saturated carbocycles. The van der Waals surface area contributed by atoms with E-state index >= 15 is 0 Å². The lowest BCUT2D eigenvalue weighted by molar-refractivity contribution is 0.0946. The van der Waals surface area contributed by atoms with Gasteiger partial charge in [0.05, 0.1) is 18.4 Å². The van der Waals surface area contributed by atoms with Gasteiger partial charge in [-0.05, 0) is 14.1 Å². The quantitative estimate of drug-likeness (QED) is 0.724. The molecule has 0 aliphatic rings. The van der Waals surface area contributed by atoms with Gasteiger partial charge in [0.2, 0.25) is 0 Å². The second kappa shape index (κ2) is 7.56. The standard InChI is InChI=1S/C15H16N6OS2/c1-21(2)7-13-20-12(9-23-13)14(22)18-5-10-8-24-15(19-10)11-6-16-3-4-17-11/h3-4,6,8-9H,5,7H2,1-2H3,(H,18,22). The van der Waals surface area contributed by atoms with Crippen LogP contribution in [0.4, 0.5) is 0 Å². The van der Waals surface area contributed by atoms with Crippen molar-refractivity contribution in [2.45, 2.75) is 13.1 Å². The van der Waals surface area contributed by atoms with Crippen LogP contribution >= 0.6 is 22.7 Å². The zero-order valence-corrected chi connectivity index (χ0v) is 14.9. The Labute approximate surface area is 147 Å². The summed E-state index contributed by atoms with van der Waals surface area (Å²) in [6.07, 6.45) is 4.92. The molecule has 3 aromatic heterocycles. The van der Waals surface area contributed by atoms with E-state index in [9.17, 15) is 4.79 Å². The monoisotopic (exact) mass is 360 g/mol. The third kappa shape index (κ3) is 4.19. The van der Waals surface area contributed by atoms with E-state index in [0.717, 1.165) is 27.9 Å². The molecule has 0 saturated heterocycles. The van der Waals surface area contributed by atoms with Crippen LogP contribution in [-0.2, 0) is 13.1 Å². The Kier molecular flexibility index (Phi) is 5.24. The fraction of sp³-hybridized carbons (Fsp3) is 0.267. The molecule has 0 atom stereocenters. The summed E-state index contributed by atoms with van der Waals surface area (Å²) in [4.78, 5) is 31.2. The van der Waals surface area contributed by atoms with Gasteiger partial charge in [0.15, 0.2) is 0 Å². The summed E-state index contributed by atoms with van der Waals surface area (Å²) in [7, 11) is 3.94. The van der Waals surface area contributed by atoms with Crippen LogP contribution in [0.3, 0.4) is 0 Å². The second-order valence-electron chi connectivity index (χ2n) is 5.28. The Balaban J connectivity index is 1.59. The third-order valence-electron chi connectivity index (χ3n) is 3.00. The van der Waals surface area contributed by atoms with Crippen molar-refractivity contribution in [3.63, 3.8) is 0 Å². The van der Waals surface area contributed by atoms with Gasteiger partial charge in [-0.1, -0.05) is 0 Å². The fourth-order valence-corrected chi connectivity index (χ4v) is 3.61. The molecule has 1 N–H and O–H groups in total. The Morgan fingerprint density at radius 2 is 2.08 bits per heavy atom. The summed E-state index contributed by atoms with van der Waals surface area (Å²) >= 11 is 2.96. The Morgan fingerprint density at radius 1 is 1.21 bits per heavy atom. The van der Waals surface area contributed by atoms with E-state index in [2.05, 4.69) is 25.3 Å². The fourth-order valence-electron chi connectivity index (χ4n) is 1.94. The Hall–Kier alpha value is -2.23. The summed E-state index contributed by atoms with van der Waals surface area (Å²) in [6, 6.07) is 0. The van der Waals surface area contributed by atoms with Crippen molar-refractivity contribution in [1.82, 2.24) is 30.2 Å². The first-order chi connectivity index (χ1) is 11.6. The largest absolute Gasteiger partial charge is 0.345 e. The van der Waals surface area contributed by atoms with Crippen LogP contribution < -0.4 is 5.32 Å². The zero-order valence-electron chi connectivity index (χ0n) is 13.3. The first-order valence-electron chi connectivity index (χ1n) is 7.20. The number of carbonyl (C=O) groups excluding carboxylic acids is 1. The van der Waals surface area contributed by atoms with E-state index < -0.39 is 0 Å². The molecule has 0 spiro atoms. The molecule has 124 valence electrons. The molecule has 0 aliphatic heterocycles. The van der Waals surface area contributed by atoms with Crippen molar-refractivity contribution < 1.29 is 4.79 Å². The van der Waals surface area contributed by atoms with Gasteiger partial charge < -0.3 is 10.2 Å². The number of aromatic nitrogens is 4. The lowest BCUT2D eigenvalue weighted by Gasteiger charge is -2.05. The highest BCUT2D eigenvalue weighted by Gasteiger charge is 2.12. The minimum absolute atomic E-state index is 0.190. The van der Waals surface area contributed by atoms with Crippen molar-refractivity contribution >= 4 is 28.6 Å². The maximum absolute atomic E-state index is 12.2. The van der Waals surface area contributed by atoms with Crippen LogP contribution in [0.5, 0.6) is 0 Å². The minimum Gasteiger partial charge on any atom is -0.345 e. The number of rotatable bonds is 6. The van der Waals surface area contributed by atoms with Gasteiger partial charge in [0.1, 0.15) is 21.4 Å². The van der Waals surface area contributed by atoms with Gasteiger partial charge in [-0.3, -0.25) is 14.8 Å². The zero-order chi connectivity index (χ0) is 16.9. The summed E-state index contributed by atoms with van der Waals surface area (Å²) in [6.45, 7) is 1.08. The maximum Gasteiger partial charge on any atom is 0.271 e. The second-order valence-corrected chi connectivity index (χ2v) is 7.08. The molecule has 0 fully saturated rings. The van der Waals surface area contributed by atoms with E-state index in [0.29, 0.717) is 12.2 Å². The van der Waals surface area contributed by atoms with Crippen molar-refractivity contribution in [2.75, 3.05) is 14.1 Å². The molecule has 3 rings (SSSR count). The number of nitrogens with one attached hydrogen (secondary N) is 1. The van der Waals surface area contributed by atoms with Crippen molar-refractivity contribution in [3.05, 3.63) is 45.7 Å². The van der Waals surface area contributed by atoms with Gasteiger partial charge in [-0.25, -0.2) is 9.97 Å².